The second-order valence-corrected chi connectivity index (χ2v) is 3.32. The van der Waals surface area contributed by atoms with Gasteiger partial charge in [0.25, 0.3) is 0 Å². The summed E-state index contributed by atoms with van der Waals surface area (Å²) in [5, 5.41) is 5.96. The van der Waals surface area contributed by atoms with Gasteiger partial charge in [-0.3, -0.25) is 4.79 Å². The fourth-order valence-electron chi connectivity index (χ4n) is 1.27. The Morgan fingerprint density at radius 2 is 2.50 bits per heavy atom. The second kappa shape index (κ2) is 4.26. The average Bonchev–Trinajstić information content (AvgIpc) is 2.51. The van der Waals surface area contributed by atoms with Crippen LogP contribution in [-0.2, 0) is 4.79 Å². The molecule has 1 aliphatic heterocycles. The number of hydrogen-bond acceptors (Lipinski definition) is 2. The van der Waals surface area contributed by atoms with Gasteiger partial charge in [0, 0.05) is 6.54 Å². The van der Waals surface area contributed by atoms with Crippen LogP contribution in [0, 0.1) is 0 Å². The SMILES string of the molecule is C=C(C)CNC(=O)[C@H]1CCCN1. The predicted molar refractivity (Wildman–Crippen MR) is 48.8 cm³/mol. The van der Waals surface area contributed by atoms with Gasteiger partial charge < -0.3 is 10.6 Å². The summed E-state index contributed by atoms with van der Waals surface area (Å²) in [6.07, 6.45) is 2.06. The van der Waals surface area contributed by atoms with Crippen molar-refractivity contribution in [1.29, 1.82) is 0 Å². The number of amides is 1. The summed E-state index contributed by atoms with van der Waals surface area (Å²) in [6, 6.07) is 0.0318. The first-order valence-electron chi connectivity index (χ1n) is 4.35. The molecule has 3 nitrogen and oxygen atoms in total. The van der Waals surface area contributed by atoms with E-state index in [1.807, 2.05) is 6.92 Å². The molecule has 0 unspecified atom stereocenters. The summed E-state index contributed by atoms with van der Waals surface area (Å²) in [6.45, 7) is 7.18. The van der Waals surface area contributed by atoms with Crippen LogP contribution in [0.15, 0.2) is 12.2 Å². The lowest BCUT2D eigenvalue weighted by atomic mass is 10.2. The zero-order chi connectivity index (χ0) is 8.97. The summed E-state index contributed by atoms with van der Waals surface area (Å²) in [7, 11) is 0. The van der Waals surface area contributed by atoms with Gasteiger partial charge in [-0.05, 0) is 26.3 Å². The third-order valence-corrected chi connectivity index (χ3v) is 1.94. The van der Waals surface area contributed by atoms with Crippen LogP contribution < -0.4 is 10.6 Å². The quantitative estimate of drug-likeness (QED) is 0.600. The van der Waals surface area contributed by atoms with Crippen LogP contribution in [0.3, 0.4) is 0 Å². The highest BCUT2D eigenvalue weighted by Crippen LogP contribution is 2.04. The smallest absolute Gasteiger partial charge is 0.237 e. The van der Waals surface area contributed by atoms with Crippen molar-refractivity contribution in [2.45, 2.75) is 25.8 Å². The van der Waals surface area contributed by atoms with Crippen molar-refractivity contribution in [3.8, 4) is 0 Å². The number of carbonyl (C=O) groups is 1. The Morgan fingerprint density at radius 3 is 3.00 bits per heavy atom. The minimum Gasteiger partial charge on any atom is -0.351 e. The van der Waals surface area contributed by atoms with E-state index in [2.05, 4.69) is 17.2 Å². The normalized spacial score (nSPS) is 22.2. The van der Waals surface area contributed by atoms with Gasteiger partial charge >= 0.3 is 0 Å². The summed E-state index contributed by atoms with van der Waals surface area (Å²) < 4.78 is 0. The zero-order valence-corrected chi connectivity index (χ0v) is 7.52. The Labute approximate surface area is 73.2 Å². The van der Waals surface area contributed by atoms with E-state index >= 15 is 0 Å². The lowest BCUT2D eigenvalue weighted by molar-refractivity contribution is -0.122. The number of hydrogen-bond donors (Lipinski definition) is 2. The monoisotopic (exact) mass is 168 g/mol. The minimum atomic E-state index is 0.0318. The van der Waals surface area contributed by atoms with Gasteiger partial charge in [-0.2, -0.15) is 0 Å². The van der Waals surface area contributed by atoms with Crippen molar-refractivity contribution in [1.82, 2.24) is 10.6 Å². The maximum atomic E-state index is 11.3. The standard InChI is InChI=1S/C9H16N2O/c1-7(2)6-11-9(12)8-4-3-5-10-8/h8,10H,1,3-6H2,2H3,(H,11,12)/t8-/m1/s1. The molecule has 1 saturated heterocycles. The molecule has 1 aliphatic rings. The zero-order valence-electron chi connectivity index (χ0n) is 7.52. The van der Waals surface area contributed by atoms with Gasteiger partial charge in [0.05, 0.1) is 6.04 Å². The van der Waals surface area contributed by atoms with Crippen molar-refractivity contribution in [3.05, 3.63) is 12.2 Å². The predicted octanol–water partition coefficient (Wildman–Crippen LogP) is 0.431. The molecule has 0 saturated carbocycles. The van der Waals surface area contributed by atoms with Crippen LogP contribution in [0.1, 0.15) is 19.8 Å². The molecule has 2 N–H and O–H groups in total. The molecule has 1 atom stereocenters. The van der Waals surface area contributed by atoms with Gasteiger partial charge in [-0.1, -0.05) is 12.2 Å². The molecule has 1 fully saturated rings. The number of nitrogens with one attached hydrogen (secondary N) is 2. The Balaban J connectivity index is 2.23. The molecular formula is C9H16N2O. The first kappa shape index (κ1) is 9.26. The Morgan fingerprint density at radius 1 is 1.75 bits per heavy atom. The molecule has 0 bridgehead atoms. The van der Waals surface area contributed by atoms with E-state index in [1.54, 1.807) is 0 Å². The summed E-state index contributed by atoms with van der Waals surface area (Å²) >= 11 is 0. The lowest BCUT2D eigenvalue weighted by Crippen LogP contribution is -2.40. The van der Waals surface area contributed by atoms with Crippen molar-refractivity contribution in [3.63, 3.8) is 0 Å². The van der Waals surface area contributed by atoms with Crippen molar-refractivity contribution < 1.29 is 4.79 Å². The molecule has 12 heavy (non-hydrogen) atoms. The minimum absolute atomic E-state index is 0.0318. The second-order valence-electron chi connectivity index (χ2n) is 3.32. The molecule has 0 spiro atoms. The van der Waals surface area contributed by atoms with Gasteiger partial charge in [0.2, 0.25) is 5.91 Å². The number of rotatable bonds is 3. The van der Waals surface area contributed by atoms with Crippen LogP contribution in [0.25, 0.3) is 0 Å². The van der Waals surface area contributed by atoms with E-state index in [-0.39, 0.29) is 11.9 Å². The lowest BCUT2D eigenvalue weighted by Gasteiger charge is -2.10. The molecule has 0 aliphatic carbocycles. The van der Waals surface area contributed by atoms with Crippen LogP contribution in [0.2, 0.25) is 0 Å². The fourth-order valence-corrected chi connectivity index (χ4v) is 1.27. The van der Waals surface area contributed by atoms with E-state index < -0.39 is 0 Å². The molecule has 1 heterocycles. The highest BCUT2D eigenvalue weighted by molar-refractivity contribution is 5.82. The highest BCUT2D eigenvalue weighted by Gasteiger charge is 2.20. The first-order valence-corrected chi connectivity index (χ1v) is 4.35. The average molecular weight is 168 g/mol. The largest absolute Gasteiger partial charge is 0.351 e. The first-order chi connectivity index (χ1) is 5.70. The Bertz CT molecular complexity index is 183. The molecule has 0 aromatic heterocycles. The van der Waals surface area contributed by atoms with Crippen molar-refractivity contribution in [2.24, 2.45) is 0 Å². The van der Waals surface area contributed by atoms with E-state index in [0.717, 1.165) is 25.0 Å². The van der Waals surface area contributed by atoms with E-state index in [1.165, 1.54) is 0 Å². The van der Waals surface area contributed by atoms with Gasteiger partial charge in [-0.15, -0.1) is 0 Å². The topological polar surface area (TPSA) is 41.1 Å². The maximum absolute atomic E-state index is 11.3. The molecule has 1 amide bonds. The Kier molecular flexibility index (Phi) is 3.29. The third-order valence-electron chi connectivity index (χ3n) is 1.94. The molecule has 0 aromatic carbocycles. The molecule has 0 aromatic rings. The highest BCUT2D eigenvalue weighted by atomic mass is 16.2. The van der Waals surface area contributed by atoms with Gasteiger partial charge in [0.15, 0.2) is 0 Å². The molecule has 68 valence electrons. The fraction of sp³-hybridized carbons (Fsp3) is 0.667. The number of carbonyl (C=O) groups excluding carboxylic acids is 1. The van der Waals surface area contributed by atoms with Crippen LogP contribution in [0.4, 0.5) is 0 Å². The summed E-state index contributed by atoms with van der Waals surface area (Å²) in [5.74, 6) is 0.107. The van der Waals surface area contributed by atoms with E-state index in [0.29, 0.717) is 6.54 Å². The van der Waals surface area contributed by atoms with Crippen molar-refractivity contribution >= 4 is 5.91 Å². The van der Waals surface area contributed by atoms with Gasteiger partial charge in [0.1, 0.15) is 0 Å². The van der Waals surface area contributed by atoms with Crippen LogP contribution >= 0.6 is 0 Å². The van der Waals surface area contributed by atoms with Gasteiger partial charge in [-0.25, -0.2) is 0 Å². The van der Waals surface area contributed by atoms with Crippen LogP contribution in [0.5, 0.6) is 0 Å². The summed E-state index contributed by atoms with van der Waals surface area (Å²) in [4.78, 5) is 11.3. The third kappa shape index (κ3) is 2.66. The summed E-state index contributed by atoms with van der Waals surface area (Å²) in [5.41, 5.74) is 0.987. The Hall–Kier alpha value is -0.830. The van der Waals surface area contributed by atoms with Crippen molar-refractivity contribution in [2.75, 3.05) is 13.1 Å². The molecule has 1 rings (SSSR count). The molecule has 3 heteroatoms. The maximum Gasteiger partial charge on any atom is 0.237 e. The molecular weight excluding hydrogens is 152 g/mol. The molecule has 0 radical (unpaired) electrons. The van der Waals surface area contributed by atoms with Crippen LogP contribution in [-0.4, -0.2) is 25.0 Å². The van der Waals surface area contributed by atoms with E-state index in [4.69, 9.17) is 0 Å². The van der Waals surface area contributed by atoms with E-state index in [9.17, 15) is 4.79 Å².